The Bertz CT molecular complexity index is 970. The van der Waals surface area contributed by atoms with E-state index in [-0.39, 0.29) is 0 Å². The summed E-state index contributed by atoms with van der Waals surface area (Å²) >= 11 is 0. The number of rotatable bonds is 2. The van der Waals surface area contributed by atoms with E-state index in [1.807, 2.05) is 42.5 Å². The van der Waals surface area contributed by atoms with Gasteiger partial charge in [0.25, 0.3) is 0 Å². The lowest BCUT2D eigenvalue weighted by atomic mass is 10.0. The number of amidine groups is 1. The van der Waals surface area contributed by atoms with Crippen molar-refractivity contribution in [2.24, 2.45) is 9.98 Å². The van der Waals surface area contributed by atoms with E-state index in [1.165, 1.54) is 5.56 Å². The first kappa shape index (κ1) is 16.3. The van der Waals surface area contributed by atoms with Gasteiger partial charge in [-0.3, -0.25) is 4.99 Å². The van der Waals surface area contributed by atoms with Crippen molar-refractivity contribution >= 4 is 28.6 Å². The van der Waals surface area contributed by atoms with Crippen LogP contribution in [0.15, 0.2) is 88.8 Å². The number of benzene rings is 3. The molecule has 0 saturated heterocycles. The van der Waals surface area contributed by atoms with Crippen LogP contribution in [0.3, 0.4) is 0 Å². The van der Waals surface area contributed by atoms with Crippen molar-refractivity contribution in [2.75, 3.05) is 11.9 Å². The van der Waals surface area contributed by atoms with Crippen LogP contribution < -0.4 is 4.90 Å². The van der Waals surface area contributed by atoms with E-state index in [0.717, 1.165) is 34.2 Å². The van der Waals surface area contributed by atoms with Crippen LogP contribution >= 0.6 is 0 Å². The molecular formula is C23H21N3. The summed E-state index contributed by atoms with van der Waals surface area (Å²) in [4.78, 5) is 12.0. The Morgan fingerprint density at radius 1 is 0.731 bits per heavy atom. The molecule has 0 radical (unpaired) electrons. The molecule has 3 heteroatoms. The molecule has 4 rings (SSSR count). The topological polar surface area (TPSA) is 28.0 Å². The molecule has 0 amide bonds. The molecule has 0 spiro atoms. The number of hydrogen-bond acceptors (Lipinski definition) is 3. The van der Waals surface area contributed by atoms with E-state index in [4.69, 9.17) is 9.98 Å². The third-order valence-electron chi connectivity index (χ3n) is 4.63. The number of aryl methyl sites for hydroxylation is 1. The third kappa shape index (κ3) is 3.29. The summed E-state index contributed by atoms with van der Waals surface area (Å²) in [5.74, 6) is 0.987. The van der Waals surface area contributed by atoms with Gasteiger partial charge in [0.15, 0.2) is 0 Å². The molecular weight excluding hydrogens is 318 g/mol. The second kappa shape index (κ2) is 6.96. The molecule has 26 heavy (non-hydrogen) atoms. The molecule has 128 valence electrons. The summed E-state index contributed by atoms with van der Waals surface area (Å²) in [5, 5.41) is 0. The van der Waals surface area contributed by atoms with Crippen LogP contribution in [0.2, 0.25) is 0 Å². The van der Waals surface area contributed by atoms with Gasteiger partial charge in [0.1, 0.15) is 5.84 Å². The molecule has 3 aromatic rings. The van der Waals surface area contributed by atoms with Gasteiger partial charge in [-0.15, -0.1) is 0 Å². The van der Waals surface area contributed by atoms with Gasteiger partial charge in [0.2, 0.25) is 0 Å². The number of fused-ring (bicyclic) bond motifs is 1. The molecule has 3 aromatic carbocycles. The van der Waals surface area contributed by atoms with Crippen LogP contribution in [0.1, 0.15) is 17.5 Å². The summed E-state index contributed by atoms with van der Waals surface area (Å²) in [6.07, 6.45) is 0.684. The minimum Gasteiger partial charge on any atom is -0.333 e. The predicted octanol–water partition coefficient (Wildman–Crippen LogP) is 5.69. The monoisotopic (exact) mass is 339 g/mol. The highest BCUT2D eigenvalue weighted by molar-refractivity contribution is 6.18. The summed E-state index contributed by atoms with van der Waals surface area (Å²) in [6, 6.07) is 26.9. The van der Waals surface area contributed by atoms with Gasteiger partial charge in [-0.25, -0.2) is 4.99 Å². The van der Waals surface area contributed by atoms with Crippen LogP contribution in [0.25, 0.3) is 0 Å². The van der Waals surface area contributed by atoms with Crippen LogP contribution in [0.4, 0.5) is 17.1 Å². The van der Waals surface area contributed by atoms with E-state index >= 15 is 0 Å². The molecule has 0 unspecified atom stereocenters. The molecule has 0 aromatic heterocycles. The maximum atomic E-state index is 4.94. The Balaban J connectivity index is 1.80. The number of nitrogens with zero attached hydrogens (tertiary/aromatic N) is 3. The number of para-hydroxylation sites is 3. The molecule has 0 bridgehead atoms. The summed E-state index contributed by atoms with van der Waals surface area (Å²) in [5.41, 5.74) is 6.37. The van der Waals surface area contributed by atoms with E-state index in [2.05, 4.69) is 55.3 Å². The van der Waals surface area contributed by atoms with Gasteiger partial charge in [-0.2, -0.15) is 0 Å². The molecule has 1 aliphatic rings. The highest BCUT2D eigenvalue weighted by Gasteiger charge is 2.18. The molecule has 1 aliphatic heterocycles. The lowest BCUT2D eigenvalue weighted by Gasteiger charge is -2.21. The van der Waals surface area contributed by atoms with E-state index in [0.29, 0.717) is 6.42 Å². The van der Waals surface area contributed by atoms with Gasteiger partial charge in [-0.05, 0) is 36.8 Å². The van der Waals surface area contributed by atoms with Crippen LogP contribution in [-0.4, -0.2) is 18.6 Å². The SMILES string of the molecule is Cc1ccc(C2=Nc3ccccc3N=C(N(C)c3ccccc3)C2)cc1. The lowest BCUT2D eigenvalue weighted by Crippen LogP contribution is -2.28. The second-order valence-corrected chi connectivity index (χ2v) is 6.51. The zero-order valence-corrected chi connectivity index (χ0v) is 15.1. The first-order valence-electron chi connectivity index (χ1n) is 8.81. The van der Waals surface area contributed by atoms with Crippen LogP contribution in [0, 0.1) is 6.92 Å². The Labute approximate surface area is 154 Å². The fourth-order valence-corrected chi connectivity index (χ4v) is 3.07. The minimum atomic E-state index is 0.684. The fraction of sp³-hybridized carbons (Fsp3) is 0.130. The summed E-state index contributed by atoms with van der Waals surface area (Å²) in [7, 11) is 2.06. The average Bonchev–Trinajstić information content (AvgIpc) is 2.88. The Hall–Kier alpha value is -3.20. The quantitative estimate of drug-likeness (QED) is 0.590. The maximum Gasteiger partial charge on any atom is 0.115 e. The molecule has 0 aliphatic carbocycles. The molecule has 1 heterocycles. The van der Waals surface area contributed by atoms with Crippen LogP contribution in [0.5, 0.6) is 0 Å². The van der Waals surface area contributed by atoms with Crippen LogP contribution in [-0.2, 0) is 0 Å². The third-order valence-corrected chi connectivity index (χ3v) is 4.63. The van der Waals surface area contributed by atoms with Crippen molar-refractivity contribution in [3.63, 3.8) is 0 Å². The first-order chi connectivity index (χ1) is 12.7. The number of anilines is 1. The average molecular weight is 339 g/mol. The van der Waals surface area contributed by atoms with E-state index in [1.54, 1.807) is 0 Å². The van der Waals surface area contributed by atoms with Gasteiger partial charge in [0, 0.05) is 19.2 Å². The predicted molar refractivity (Wildman–Crippen MR) is 110 cm³/mol. The number of aliphatic imine (C=N–C) groups is 2. The Kier molecular flexibility index (Phi) is 4.36. The van der Waals surface area contributed by atoms with Crippen molar-refractivity contribution in [3.05, 3.63) is 90.0 Å². The van der Waals surface area contributed by atoms with Gasteiger partial charge in [0.05, 0.1) is 17.1 Å². The Morgan fingerprint density at radius 3 is 2.04 bits per heavy atom. The van der Waals surface area contributed by atoms with Gasteiger partial charge >= 0.3 is 0 Å². The van der Waals surface area contributed by atoms with E-state index in [9.17, 15) is 0 Å². The Morgan fingerprint density at radius 2 is 1.35 bits per heavy atom. The minimum absolute atomic E-state index is 0.684. The summed E-state index contributed by atoms with van der Waals surface area (Å²) < 4.78 is 0. The molecule has 0 N–H and O–H groups in total. The van der Waals surface area contributed by atoms with Crippen molar-refractivity contribution in [2.45, 2.75) is 13.3 Å². The zero-order valence-electron chi connectivity index (χ0n) is 15.1. The normalized spacial score (nSPS) is 13.3. The first-order valence-corrected chi connectivity index (χ1v) is 8.81. The molecule has 0 saturated carbocycles. The lowest BCUT2D eigenvalue weighted by molar-refractivity contribution is 1.21. The van der Waals surface area contributed by atoms with Crippen molar-refractivity contribution in [3.8, 4) is 0 Å². The van der Waals surface area contributed by atoms with Gasteiger partial charge in [-0.1, -0.05) is 60.2 Å². The molecule has 3 nitrogen and oxygen atoms in total. The second-order valence-electron chi connectivity index (χ2n) is 6.51. The van der Waals surface area contributed by atoms with Crippen molar-refractivity contribution in [1.29, 1.82) is 0 Å². The number of hydrogen-bond donors (Lipinski definition) is 0. The van der Waals surface area contributed by atoms with Crippen molar-refractivity contribution in [1.82, 2.24) is 0 Å². The van der Waals surface area contributed by atoms with Gasteiger partial charge < -0.3 is 4.90 Å². The standard InChI is InChI=1S/C23H21N3/c1-17-12-14-18(15-13-17)22-16-23(26(2)19-8-4-3-5-9-19)25-21-11-7-6-10-20(21)24-22/h3-15H,16H2,1-2H3. The maximum absolute atomic E-state index is 4.94. The fourth-order valence-electron chi connectivity index (χ4n) is 3.07. The smallest absolute Gasteiger partial charge is 0.115 e. The largest absolute Gasteiger partial charge is 0.333 e. The highest BCUT2D eigenvalue weighted by Crippen LogP contribution is 2.32. The van der Waals surface area contributed by atoms with Crippen molar-refractivity contribution < 1.29 is 0 Å². The summed E-state index contributed by atoms with van der Waals surface area (Å²) in [6.45, 7) is 2.10. The van der Waals surface area contributed by atoms with E-state index < -0.39 is 0 Å². The molecule has 0 fully saturated rings. The highest BCUT2D eigenvalue weighted by atomic mass is 15.2. The zero-order chi connectivity index (χ0) is 17.9. The molecule has 0 atom stereocenters.